The van der Waals surface area contributed by atoms with E-state index in [4.69, 9.17) is 56.8 Å². The van der Waals surface area contributed by atoms with E-state index in [0.717, 1.165) is 38.5 Å². The summed E-state index contributed by atoms with van der Waals surface area (Å²) in [6, 6.07) is 0. The molecule has 1 spiro atoms. The second-order valence-electron chi connectivity index (χ2n) is 26.9. The maximum absolute atomic E-state index is 12.3. The molecule has 0 aromatic rings. The molecule has 11 fully saturated rings. The van der Waals surface area contributed by atoms with Crippen LogP contribution in [0.2, 0.25) is 0 Å². The van der Waals surface area contributed by atoms with E-state index in [1.54, 1.807) is 0 Å². The second kappa shape index (κ2) is 25.4. The summed E-state index contributed by atoms with van der Waals surface area (Å²) < 4.78 is 72.8. The van der Waals surface area contributed by atoms with Gasteiger partial charge in [0.25, 0.3) is 0 Å². The van der Waals surface area contributed by atoms with Gasteiger partial charge in [-0.1, -0.05) is 27.7 Å². The van der Waals surface area contributed by atoms with Crippen molar-refractivity contribution < 1.29 is 144 Å². The van der Waals surface area contributed by atoms with Gasteiger partial charge in [-0.15, -0.1) is 0 Å². The molecule has 11 aliphatic rings. The molecule has 490 valence electrons. The van der Waals surface area contributed by atoms with E-state index in [1.807, 2.05) is 0 Å². The Morgan fingerprint density at radius 3 is 1.67 bits per heavy atom. The number of ether oxygens (including phenoxy) is 12. The van der Waals surface area contributed by atoms with Crippen LogP contribution in [0, 0.1) is 52.3 Å². The lowest BCUT2D eigenvalue weighted by Gasteiger charge is -2.62. The SMILES string of the molecule is C[C@H]1CC[C@@]2(OC1)O[C@H]1[C@H](O)[C@@H]3[C@H]4CC[C@@H]5C[C@@H](O[C@@H]6O[C@@H](CO)[C@@H](O[C@H]7O[C@H](CO)[C@H](O)[C@@H](O[C@@H]8OC[C@@H](O)[C@H](O)[C@H]8O)[C@@H]7O[C@@H]7O[C@@H](CO)[C@@H](O)[C@@H](O[C@@H]8O[C@H](CO)[C@@H](O)[C@H](O)[C@H]8O)[C@@H]7O)[C@H](O)[C@H]6O)[C@@H](O)C[C@]5(C)[C@H]4CC[C@]3(C)[C@H]1[C@@H]2C. The minimum Gasteiger partial charge on any atom is -0.394 e. The average molecular weight is 1230 g/mol. The van der Waals surface area contributed by atoms with Crippen molar-refractivity contribution in [3.63, 3.8) is 0 Å². The smallest absolute Gasteiger partial charge is 0.187 e. The normalized spacial score (nSPS) is 58.1. The molecule has 0 unspecified atom stereocenters. The molecule has 85 heavy (non-hydrogen) atoms. The fraction of sp³-hybridized carbons (Fsp3) is 1.00. The molecular formula is C56H92O29. The van der Waals surface area contributed by atoms with Crippen molar-refractivity contribution in [3.8, 4) is 0 Å². The van der Waals surface area contributed by atoms with Gasteiger partial charge in [0.2, 0.25) is 0 Å². The molecule has 0 amide bonds. The van der Waals surface area contributed by atoms with E-state index in [-0.39, 0.29) is 52.4 Å². The Balaban J connectivity index is 0.797. The van der Waals surface area contributed by atoms with E-state index in [0.29, 0.717) is 25.4 Å². The van der Waals surface area contributed by atoms with Gasteiger partial charge in [-0.3, -0.25) is 0 Å². The Morgan fingerprint density at radius 1 is 0.447 bits per heavy atom. The van der Waals surface area contributed by atoms with Crippen molar-refractivity contribution in [3.05, 3.63) is 0 Å². The number of aliphatic hydroxyl groups excluding tert-OH is 17. The predicted octanol–water partition coefficient (Wildman–Crippen LogP) is -6.50. The van der Waals surface area contributed by atoms with Gasteiger partial charge in [0.1, 0.15) is 116 Å². The first-order chi connectivity index (χ1) is 40.3. The standard InChI is InChI=1S/C56H92O29/c1-19-7-10-56(75-17-19)20(2)31-45(85-56)37(67)32-22-6-5-21-11-26(24(61)12-55(21,4)23(22)8-9-54(31,32)3)76-50-42(72)39(69)44(30(16-60)80-50)81-53-48(47(36(66)29(15-59)79-53)83-49-40(70)33(63)25(62)18-74-49)84-52-43(73)46(35(65)28(14-58)78-52)82-51-41(71)38(68)34(64)27(13-57)77-51/h19-53,57-73H,5-18H2,1-4H3/t19-,20-,21+,22-,23-,24-,25+,26+,27+,28-,29+,30-,31-,32-,33-,34+,35+,36-,37+,38-,39+,40+,41+,42+,43-,44+,45+,46+,47+,48-,49-,50+,51-,52-,53+,54+,55-,56+/m0/s1. The van der Waals surface area contributed by atoms with Gasteiger partial charge in [0.05, 0.1) is 64.1 Å². The number of fused-ring (bicyclic) bond motifs is 7. The molecule has 38 atom stereocenters. The van der Waals surface area contributed by atoms with Crippen molar-refractivity contribution in [2.24, 2.45) is 52.3 Å². The molecule has 0 aromatic carbocycles. The third-order valence-electron chi connectivity index (χ3n) is 22.2. The Labute approximate surface area is 491 Å². The van der Waals surface area contributed by atoms with E-state index in [2.05, 4.69) is 27.7 Å². The molecule has 4 saturated carbocycles. The van der Waals surface area contributed by atoms with Crippen LogP contribution in [0.15, 0.2) is 0 Å². The Morgan fingerprint density at radius 2 is 1.01 bits per heavy atom. The minimum atomic E-state index is -2.21. The largest absolute Gasteiger partial charge is 0.394 e. The molecule has 4 aliphatic carbocycles. The van der Waals surface area contributed by atoms with Crippen LogP contribution in [-0.4, -0.2) is 304 Å². The molecule has 7 aliphatic heterocycles. The third kappa shape index (κ3) is 11.3. The third-order valence-corrected chi connectivity index (χ3v) is 22.2. The maximum atomic E-state index is 12.3. The van der Waals surface area contributed by atoms with Crippen LogP contribution in [-0.2, 0) is 56.8 Å². The summed E-state index contributed by atoms with van der Waals surface area (Å²) in [5.74, 6) is 0.388. The monoisotopic (exact) mass is 1230 g/mol. The number of aliphatic hydroxyl groups is 17. The Kier molecular flexibility index (Phi) is 19.5. The molecule has 29 nitrogen and oxygen atoms in total. The van der Waals surface area contributed by atoms with Crippen molar-refractivity contribution in [2.75, 3.05) is 39.6 Å². The number of rotatable bonds is 14. The van der Waals surface area contributed by atoms with Crippen molar-refractivity contribution in [2.45, 2.75) is 257 Å². The molecule has 0 radical (unpaired) electrons. The van der Waals surface area contributed by atoms with Gasteiger partial charge in [-0.25, -0.2) is 0 Å². The van der Waals surface area contributed by atoms with E-state index < -0.39 is 205 Å². The zero-order valence-corrected chi connectivity index (χ0v) is 48.1. The van der Waals surface area contributed by atoms with E-state index >= 15 is 0 Å². The molecule has 17 N–H and O–H groups in total. The fourth-order valence-electron chi connectivity index (χ4n) is 17.4. The lowest BCUT2D eigenvalue weighted by molar-refractivity contribution is -0.410. The topological polar surface area (TPSA) is 455 Å². The molecule has 11 rings (SSSR count). The summed E-state index contributed by atoms with van der Waals surface area (Å²) in [4.78, 5) is 0. The van der Waals surface area contributed by atoms with Gasteiger partial charge in [0, 0.05) is 18.3 Å². The highest BCUT2D eigenvalue weighted by molar-refractivity contribution is 5.19. The highest BCUT2D eigenvalue weighted by atomic mass is 16.8. The highest BCUT2D eigenvalue weighted by Gasteiger charge is 2.73. The molecule has 0 bridgehead atoms. The number of hydrogen-bond donors (Lipinski definition) is 17. The Hall–Kier alpha value is -1.16. The zero-order chi connectivity index (χ0) is 61.1. The molecule has 7 heterocycles. The quantitative estimate of drug-likeness (QED) is 0.0719. The van der Waals surface area contributed by atoms with Crippen LogP contribution >= 0.6 is 0 Å². The lowest BCUT2D eigenvalue weighted by atomic mass is 9.44. The van der Waals surface area contributed by atoms with E-state index in [1.165, 1.54) is 0 Å². The summed E-state index contributed by atoms with van der Waals surface area (Å²) in [5.41, 5.74) is -0.531. The van der Waals surface area contributed by atoms with Gasteiger partial charge >= 0.3 is 0 Å². The molecule has 0 aromatic heterocycles. The zero-order valence-electron chi connectivity index (χ0n) is 48.1. The van der Waals surface area contributed by atoms with Gasteiger partial charge in [-0.05, 0) is 85.4 Å². The Bertz CT molecular complexity index is 2220. The summed E-state index contributed by atoms with van der Waals surface area (Å²) >= 11 is 0. The number of hydrogen-bond acceptors (Lipinski definition) is 29. The van der Waals surface area contributed by atoms with Crippen LogP contribution in [0.1, 0.15) is 79.1 Å². The molecule has 29 heteroatoms. The maximum Gasteiger partial charge on any atom is 0.187 e. The highest BCUT2D eigenvalue weighted by Crippen LogP contribution is 2.71. The van der Waals surface area contributed by atoms with Gasteiger partial charge in [-0.2, -0.15) is 0 Å². The predicted molar refractivity (Wildman–Crippen MR) is 278 cm³/mol. The molecule has 7 saturated heterocycles. The van der Waals surface area contributed by atoms with E-state index in [9.17, 15) is 86.8 Å². The minimum absolute atomic E-state index is 0.00749. The first-order valence-electron chi connectivity index (χ1n) is 30.5. The summed E-state index contributed by atoms with van der Waals surface area (Å²) in [6.45, 7) is 5.21. The van der Waals surface area contributed by atoms with Crippen LogP contribution in [0.3, 0.4) is 0 Å². The second-order valence-corrected chi connectivity index (χ2v) is 26.9. The summed E-state index contributed by atoms with van der Waals surface area (Å²) in [7, 11) is 0. The van der Waals surface area contributed by atoms with Gasteiger partial charge < -0.3 is 144 Å². The fourth-order valence-corrected chi connectivity index (χ4v) is 17.4. The van der Waals surface area contributed by atoms with Crippen LogP contribution in [0.4, 0.5) is 0 Å². The first kappa shape index (κ1) is 65.3. The summed E-state index contributed by atoms with van der Waals surface area (Å²) in [5, 5.41) is 188. The first-order valence-corrected chi connectivity index (χ1v) is 30.5. The summed E-state index contributed by atoms with van der Waals surface area (Å²) in [6.07, 6.45) is -42.5. The van der Waals surface area contributed by atoms with Crippen molar-refractivity contribution in [1.82, 2.24) is 0 Å². The average Bonchev–Trinajstić information content (AvgIpc) is 1.59. The van der Waals surface area contributed by atoms with Crippen molar-refractivity contribution in [1.29, 1.82) is 0 Å². The van der Waals surface area contributed by atoms with Crippen LogP contribution in [0.25, 0.3) is 0 Å². The van der Waals surface area contributed by atoms with Crippen molar-refractivity contribution >= 4 is 0 Å². The van der Waals surface area contributed by atoms with Gasteiger partial charge in [0.15, 0.2) is 37.2 Å². The lowest BCUT2D eigenvalue weighted by Crippen LogP contribution is -2.69. The van der Waals surface area contributed by atoms with Crippen LogP contribution in [0.5, 0.6) is 0 Å². The molecular weight excluding hydrogens is 1140 g/mol. The van der Waals surface area contributed by atoms with Crippen LogP contribution < -0.4 is 0 Å².